The van der Waals surface area contributed by atoms with Crippen LogP contribution in [0, 0.1) is 0 Å². The molecule has 17 heavy (non-hydrogen) atoms. The number of rotatable bonds is 6. The molecule has 0 spiro atoms. The van der Waals surface area contributed by atoms with Gasteiger partial charge in [-0.2, -0.15) is 0 Å². The van der Waals surface area contributed by atoms with Crippen molar-refractivity contribution in [2.45, 2.75) is 0 Å². The van der Waals surface area contributed by atoms with Crippen LogP contribution >= 0.6 is 0 Å². The smallest absolute Gasteiger partial charge is 0.328 e. The molecular formula is C12H19N3O2. The first kappa shape index (κ1) is 15.0. The molecule has 94 valence electrons. The fraction of sp³-hybridized carbons (Fsp3) is 0.333. The van der Waals surface area contributed by atoms with Gasteiger partial charge in [0.05, 0.1) is 0 Å². The van der Waals surface area contributed by atoms with Crippen LogP contribution in [-0.4, -0.2) is 48.5 Å². The second-order valence-corrected chi connectivity index (χ2v) is 3.33. The lowest BCUT2D eigenvalue weighted by atomic mass is 10.5. The van der Waals surface area contributed by atoms with Crippen molar-refractivity contribution >= 4 is 12.1 Å². The number of carbonyl (C=O) groups excluding carboxylic acids is 2. The third kappa shape index (κ3) is 5.01. The Hall–Kier alpha value is -2.04. The van der Waals surface area contributed by atoms with E-state index in [1.807, 2.05) is 0 Å². The minimum atomic E-state index is -0.467. The first-order chi connectivity index (χ1) is 8.08. The van der Waals surface area contributed by atoms with E-state index in [2.05, 4.69) is 25.1 Å². The molecule has 0 unspecified atom stereocenters. The molecule has 0 fully saturated rings. The van der Waals surface area contributed by atoms with Crippen molar-refractivity contribution in [3.05, 3.63) is 38.0 Å². The van der Waals surface area contributed by atoms with Gasteiger partial charge in [-0.3, -0.25) is 0 Å². The summed E-state index contributed by atoms with van der Waals surface area (Å²) in [6.45, 7) is 11.4. The number of likely N-dealkylation sites (N-methyl/N-ethyl adjacent to an activating group) is 1. The van der Waals surface area contributed by atoms with Crippen molar-refractivity contribution in [3.8, 4) is 0 Å². The van der Waals surface area contributed by atoms with E-state index in [9.17, 15) is 9.59 Å². The molecule has 0 aliphatic carbocycles. The number of urea groups is 2. The number of nitrogens with one attached hydrogen (secondary N) is 1. The standard InChI is InChI=1S/C12H19N3O2/c1-5-8-13-11(16)15(10-7-3)12(17)14(4)9-6-2/h5-7H,1-3,8-10H2,4H3,(H,13,16). The Morgan fingerprint density at radius 1 is 1.12 bits per heavy atom. The Labute approximate surface area is 102 Å². The van der Waals surface area contributed by atoms with E-state index in [-0.39, 0.29) is 6.54 Å². The van der Waals surface area contributed by atoms with Gasteiger partial charge in [0, 0.05) is 26.7 Å². The van der Waals surface area contributed by atoms with Gasteiger partial charge in [-0.1, -0.05) is 18.2 Å². The summed E-state index contributed by atoms with van der Waals surface area (Å²) >= 11 is 0. The summed E-state index contributed by atoms with van der Waals surface area (Å²) in [5.41, 5.74) is 0. The molecule has 0 atom stereocenters. The quantitative estimate of drug-likeness (QED) is 0.713. The maximum Gasteiger partial charge on any atom is 0.328 e. The van der Waals surface area contributed by atoms with E-state index < -0.39 is 12.1 Å². The number of amides is 4. The second kappa shape index (κ2) is 8.15. The van der Waals surface area contributed by atoms with Crippen LogP contribution in [0.25, 0.3) is 0 Å². The highest BCUT2D eigenvalue weighted by molar-refractivity contribution is 5.93. The highest BCUT2D eigenvalue weighted by Gasteiger charge is 2.22. The summed E-state index contributed by atoms with van der Waals surface area (Å²) in [6.07, 6.45) is 4.63. The number of nitrogens with zero attached hydrogens (tertiary/aromatic N) is 2. The van der Waals surface area contributed by atoms with Gasteiger partial charge in [-0.15, -0.1) is 19.7 Å². The molecule has 0 rings (SSSR count). The first-order valence-electron chi connectivity index (χ1n) is 5.21. The van der Waals surface area contributed by atoms with Crippen LogP contribution < -0.4 is 5.32 Å². The maximum atomic E-state index is 11.9. The van der Waals surface area contributed by atoms with Crippen LogP contribution in [0.1, 0.15) is 0 Å². The second-order valence-electron chi connectivity index (χ2n) is 3.33. The van der Waals surface area contributed by atoms with Crippen molar-refractivity contribution in [2.75, 3.05) is 26.7 Å². The molecule has 0 aromatic heterocycles. The van der Waals surface area contributed by atoms with Gasteiger partial charge in [0.15, 0.2) is 0 Å². The van der Waals surface area contributed by atoms with Gasteiger partial charge >= 0.3 is 12.1 Å². The van der Waals surface area contributed by atoms with Crippen LogP contribution in [0.3, 0.4) is 0 Å². The first-order valence-corrected chi connectivity index (χ1v) is 5.21. The van der Waals surface area contributed by atoms with E-state index in [1.165, 1.54) is 11.0 Å². The Bertz CT molecular complexity index is 313. The van der Waals surface area contributed by atoms with Gasteiger partial charge in [0.1, 0.15) is 0 Å². The average Bonchev–Trinajstić information content (AvgIpc) is 2.32. The normalized spacial score (nSPS) is 9.00. The van der Waals surface area contributed by atoms with Crippen molar-refractivity contribution < 1.29 is 9.59 Å². The van der Waals surface area contributed by atoms with Gasteiger partial charge < -0.3 is 10.2 Å². The Morgan fingerprint density at radius 2 is 1.71 bits per heavy atom. The van der Waals surface area contributed by atoms with E-state index in [4.69, 9.17) is 0 Å². The van der Waals surface area contributed by atoms with Crippen LogP contribution in [0.2, 0.25) is 0 Å². The van der Waals surface area contributed by atoms with E-state index >= 15 is 0 Å². The van der Waals surface area contributed by atoms with Crippen LogP contribution in [0.5, 0.6) is 0 Å². The molecule has 0 aromatic carbocycles. The third-order valence-electron chi connectivity index (χ3n) is 1.91. The number of hydrogen-bond acceptors (Lipinski definition) is 2. The summed E-state index contributed by atoms with van der Waals surface area (Å²) < 4.78 is 0. The fourth-order valence-electron chi connectivity index (χ4n) is 1.11. The molecule has 0 saturated heterocycles. The lowest BCUT2D eigenvalue weighted by Crippen LogP contribution is -2.49. The minimum absolute atomic E-state index is 0.156. The number of hydrogen-bond donors (Lipinski definition) is 1. The summed E-state index contributed by atoms with van der Waals surface area (Å²) in [7, 11) is 1.60. The molecule has 0 radical (unpaired) electrons. The molecule has 4 amide bonds. The summed E-state index contributed by atoms with van der Waals surface area (Å²) in [6, 6.07) is -0.864. The molecule has 0 aromatic rings. The van der Waals surface area contributed by atoms with Gasteiger partial charge in [0.25, 0.3) is 0 Å². The Kier molecular flexibility index (Phi) is 7.17. The van der Waals surface area contributed by atoms with Crippen LogP contribution in [-0.2, 0) is 0 Å². The van der Waals surface area contributed by atoms with E-state index in [0.717, 1.165) is 4.90 Å². The van der Waals surface area contributed by atoms with Gasteiger partial charge in [-0.05, 0) is 0 Å². The minimum Gasteiger partial charge on any atom is -0.334 e. The molecule has 0 aliphatic rings. The number of imide groups is 1. The lowest BCUT2D eigenvalue weighted by Gasteiger charge is -2.25. The van der Waals surface area contributed by atoms with Crippen molar-refractivity contribution in [2.24, 2.45) is 0 Å². The number of carbonyl (C=O) groups is 2. The summed E-state index contributed by atoms with van der Waals surface area (Å²) in [5.74, 6) is 0. The molecule has 0 bridgehead atoms. The monoisotopic (exact) mass is 237 g/mol. The zero-order valence-electron chi connectivity index (χ0n) is 10.2. The van der Waals surface area contributed by atoms with Crippen LogP contribution in [0.15, 0.2) is 38.0 Å². The molecule has 0 aliphatic heterocycles. The predicted molar refractivity (Wildman–Crippen MR) is 68.7 cm³/mol. The predicted octanol–water partition coefficient (Wildman–Crippen LogP) is 1.61. The molecule has 0 saturated carbocycles. The topological polar surface area (TPSA) is 52.7 Å². The molecule has 5 heteroatoms. The SMILES string of the molecule is C=CCNC(=O)N(CC=C)C(=O)N(C)CC=C. The van der Waals surface area contributed by atoms with Crippen molar-refractivity contribution in [3.63, 3.8) is 0 Å². The largest absolute Gasteiger partial charge is 0.334 e. The zero-order chi connectivity index (χ0) is 13.3. The fourth-order valence-corrected chi connectivity index (χ4v) is 1.11. The molecular weight excluding hydrogens is 218 g/mol. The average molecular weight is 237 g/mol. The maximum absolute atomic E-state index is 11.9. The van der Waals surface area contributed by atoms with Crippen molar-refractivity contribution in [1.29, 1.82) is 0 Å². The highest BCUT2D eigenvalue weighted by atomic mass is 16.2. The zero-order valence-corrected chi connectivity index (χ0v) is 10.2. The van der Waals surface area contributed by atoms with E-state index in [1.54, 1.807) is 19.2 Å². The molecule has 5 nitrogen and oxygen atoms in total. The summed E-state index contributed by atoms with van der Waals surface area (Å²) in [5, 5.41) is 2.54. The molecule has 0 heterocycles. The van der Waals surface area contributed by atoms with Gasteiger partial charge in [0.2, 0.25) is 0 Å². The van der Waals surface area contributed by atoms with Gasteiger partial charge in [-0.25, -0.2) is 14.5 Å². The lowest BCUT2D eigenvalue weighted by molar-refractivity contribution is 0.169. The Morgan fingerprint density at radius 3 is 2.18 bits per heavy atom. The highest BCUT2D eigenvalue weighted by Crippen LogP contribution is 1.98. The van der Waals surface area contributed by atoms with Crippen LogP contribution in [0.4, 0.5) is 9.59 Å². The third-order valence-corrected chi connectivity index (χ3v) is 1.91. The van der Waals surface area contributed by atoms with Crippen molar-refractivity contribution in [1.82, 2.24) is 15.1 Å². The molecule has 1 N–H and O–H groups in total. The summed E-state index contributed by atoms with van der Waals surface area (Å²) in [4.78, 5) is 26.0. The Balaban J connectivity index is 4.64. The van der Waals surface area contributed by atoms with E-state index in [0.29, 0.717) is 13.1 Å².